The van der Waals surface area contributed by atoms with Crippen LogP contribution in [-0.4, -0.2) is 18.3 Å². The topological polar surface area (TPSA) is 22.1 Å². The molecule has 0 bridgehead atoms. The van der Waals surface area contributed by atoms with Gasteiger partial charge in [-0.1, -0.05) is 0 Å². The molecule has 11 heavy (non-hydrogen) atoms. The van der Waals surface area contributed by atoms with Crippen LogP contribution >= 0.6 is 27.7 Å². The van der Waals surface area contributed by atoms with Crippen molar-refractivity contribution in [3.63, 3.8) is 0 Å². The molecule has 0 amide bonds. The molecule has 0 atom stereocenters. The van der Waals surface area contributed by atoms with Gasteiger partial charge in [0.25, 0.3) is 0 Å². The van der Waals surface area contributed by atoms with Crippen LogP contribution in [0.2, 0.25) is 0 Å². The van der Waals surface area contributed by atoms with Gasteiger partial charge in [-0.15, -0.1) is 11.8 Å². The van der Waals surface area contributed by atoms with E-state index in [9.17, 15) is 0 Å². The van der Waals surface area contributed by atoms with E-state index < -0.39 is 0 Å². The molecule has 2 nitrogen and oxygen atoms in total. The summed E-state index contributed by atoms with van der Waals surface area (Å²) in [5.41, 5.74) is 0. The van der Waals surface area contributed by atoms with E-state index in [1.807, 2.05) is 12.3 Å². The number of rotatable bonds is 2. The summed E-state index contributed by atoms with van der Waals surface area (Å²) in [6, 6.07) is 1.93. The first-order chi connectivity index (χ1) is 5.27. The molecule has 4 heteroatoms. The zero-order valence-corrected chi connectivity index (χ0v) is 8.70. The predicted octanol–water partition coefficient (Wildman–Crippen LogP) is 2.57. The van der Waals surface area contributed by atoms with E-state index in [0.29, 0.717) is 0 Å². The SMILES string of the molecule is COc1cnc(Br)cc1SC. The molecular formula is C7H8BrNOS. The van der Waals surface area contributed by atoms with Gasteiger partial charge >= 0.3 is 0 Å². The van der Waals surface area contributed by atoms with Crippen molar-refractivity contribution in [2.75, 3.05) is 13.4 Å². The second-order valence-electron chi connectivity index (χ2n) is 1.86. The lowest BCUT2D eigenvalue weighted by Crippen LogP contribution is -1.87. The fourth-order valence-electron chi connectivity index (χ4n) is 0.713. The van der Waals surface area contributed by atoms with Crippen molar-refractivity contribution in [1.82, 2.24) is 4.98 Å². The van der Waals surface area contributed by atoms with Gasteiger partial charge in [-0.3, -0.25) is 0 Å². The fraction of sp³-hybridized carbons (Fsp3) is 0.286. The first kappa shape index (κ1) is 8.87. The molecule has 1 aromatic heterocycles. The first-order valence-electron chi connectivity index (χ1n) is 3.01. The van der Waals surface area contributed by atoms with Crippen LogP contribution < -0.4 is 4.74 Å². The smallest absolute Gasteiger partial charge is 0.150 e. The molecule has 0 unspecified atom stereocenters. The quantitative estimate of drug-likeness (QED) is 0.580. The monoisotopic (exact) mass is 233 g/mol. The third-order valence-electron chi connectivity index (χ3n) is 1.24. The van der Waals surface area contributed by atoms with E-state index in [2.05, 4.69) is 20.9 Å². The molecule has 1 heterocycles. The predicted molar refractivity (Wildman–Crippen MR) is 50.3 cm³/mol. The summed E-state index contributed by atoms with van der Waals surface area (Å²) in [7, 11) is 1.64. The van der Waals surface area contributed by atoms with Crippen molar-refractivity contribution < 1.29 is 4.74 Å². The number of methoxy groups -OCH3 is 1. The van der Waals surface area contributed by atoms with Gasteiger partial charge in [-0.2, -0.15) is 0 Å². The average molecular weight is 234 g/mol. The number of pyridine rings is 1. The van der Waals surface area contributed by atoms with Crippen molar-refractivity contribution in [1.29, 1.82) is 0 Å². The maximum atomic E-state index is 5.09. The summed E-state index contributed by atoms with van der Waals surface area (Å²) < 4.78 is 5.92. The van der Waals surface area contributed by atoms with E-state index in [4.69, 9.17) is 4.74 Å². The average Bonchev–Trinajstić information content (AvgIpc) is 2.04. The highest BCUT2D eigenvalue weighted by Gasteiger charge is 2.01. The molecule has 1 aromatic rings. The van der Waals surface area contributed by atoms with E-state index >= 15 is 0 Å². The lowest BCUT2D eigenvalue weighted by molar-refractivity contribution is 0.402. The highest BCUT2D eigenvalue weighted by atomic mass is 79.9. The zero-order chi connectivity index (χ0) is 8.27. The molecule has 0 saturated carbocycles. The molecule has 0 fully saturated rings. The van der Waals surface area contributed by atoms with Crippen LogP contribution in [0.5, 0.6) is 5.75 Å². The zero-order valence-electron chi connectivity index (χ0n) is 6.30. The summed E-state index contributed by atoms with van der Waals surface area (Å²) in [5, 5.41) is 0. The Hall–Kier alpha value is -0.220. The maximum absolute atomic E-state index is 5.09. The largest absolute Gasteiger partial charge is 0.494 e. The second-order valence-corrected chi connectivity index (χ2v) is 3.52. The van der Waals surface area contributed by atoms with E-state index in [-0.39, 0.29) is 0 Å². The summed E-state index contributed by atoms with van der Waals surface area (Å²) >= 11 is 4.93. The molecule has 1 rings (SSSR count). The highest BCUT2D eigenvalue weighted by Crippen LogP contribution is 2.28. The van der Waals surface area contributed by atoms with Crippen LogP contribution in [0.1, 0.15) is 0 Å². The molecule has 0 radical (unpaired) electrons. The number of halogens is 1. The van der Waals surface area contributed by atoms with Crippen LogP contribution in [0.3, 0.4) is 0 Å². The van der Waals surface area contributed by atoms with Crippen molar-refractivity contribution in [2.45, 2.75) is 4.90 Å². The van der Waals surface area contributed by atoms with Crippen LogP contribution in [0, 0.1) is 0 Å². The Kier molecular flexibility index (Phi) is 3.20. The van der Waals surface area contributed by atoms with Crippen LogP contribution in [0.25, 0.3) is 0 Å². The van der Waals surface area contributed by atoms with Gasteiger partial charge in [-0.05, 0) is 28.3 Å². The Morgan fingerprint density at radius 2 is 2.36 bits per heavy atom. The van der Waals surface area contributed by atoms with Gasteiger partial charge in [0, 0.05) is 0 Å². The fourth-order valence-corrected chi connectivity index (χ4v) is 1.76. The van der Waals surface area contributed by atoms with Gasteiger partial charge in [0.1, 0.15) is 4.60 Å². The lowest BCUT2D eigenvalue weighted by Gasteiger charge is -2.04. The number of ether oxygens (including phenoxy) is 1. The van der Waals surface area contributed by atoms with Gasteiger partial charge in [0.05, 0.1) is 18.2 Å². The van der Waals surface area contributed by atoms with Crippen LogP contribution in [0.4, 0.5) is 0 Å². The first-order valence-corrected chi connectivity index (χ1v) is 5.03. The molecule has 0 N–H and O–H groups in total. The molecular weight excluding hydrogens is 226 g/mol. The second kappa shape index (κ2) is 3.97. The standard InChI is InChI=1S/C7H8BrNOS/c1-10-5-4-9-7(8)3-6(5)11-2/h3-4H,1-2H3. The molecule has 0 spiro atoms. The molecule has 0 aliphatic rings. The summed E-state index contributed by atoms with van der Waals surface area (Å²) in [6.45, 7) is 0. The van der Waals surface area contributed by atoms with E-state index in [0.717, 1.165) is 15.2 Å². The Labute approximate surface area is 78.5 Å². The van der Waals surface area contributed by atoms with E-state index in [1.165, 1.54) is 0 Å². The van der Waals surface area contributed by atoms with Gasteiger partial charge in [0.15, 0.2) is 5.75 Å². The number of hydrogen-bond acceptors (Lipinski definition) is 3. The maximum Gasteiger partial charge on any atom is 0.150 e. The van der Waals surface area contributed by atoms with Gasteiger partial charge in [0.2, 0.25) is 0 Å². The Bertz CT molecular complexity index is 254. The molecule has 0 aliphatic carbocycles. The Morgan fingerprint density at radius 3 is 2.91 bits per heavy atom. The van der Waals surface area contributed by atoms with Crippen molar-refractivity contribution in [3.05, 3.63) is 16.9 Å². The lowest BCUT2D eigenvalue weighted by atomic mass is 10.5. The number of aromatic nitrogens is 1. The molecule has 0 saturated heterocycles. The van der Waals surface area contributed by atoms with Crippen molar-refractivity contribution in [3.8, 4) is 5.75 Å². The third-order valence-corrected chi connectivity index (χ3v) is 2.43. The summed E-state index contributed by atoms with van der Waals surface area (Å²) in [6.07, 6.45) is 3.71. The van der Waals surface area contributed by atoms with Gasteiger partial charge < -0.3 is 4.74 Å². The molecule has 60 valence electrons. The minimum absolute atomic E-state index is 0.820. The Balaban J connectivity index is 3.06. The minimum Gasteiger partial charge on any atom is -0.494 e. The van der Waals surface area contributed by atoms with Crippen molar-refractivity contribution >= 4 is 27.7 Å². The highest BCUT2D eigenvalue weighted by molar-refractivity contribution is 9.10. The summed E-state index contributed by atoms with van der Waals surface area (Å²) in [5.74, 6) is 0.820. The van der Waals surface area contributed by atoms with Crippen LogP contribution in [-0.2, 0) is 0 Å². The van der Waals surface area contributed by atoms with Crippen molar-refractivity contribution in [2.24, 2.45) is 0 Å². The number of nitrogens with zero attached hydrogens (tertiary/aromatic N) is 1. The van der Waals surface area contributed by atoms with Gasteiger partial charge in [-0.25, -0.2) is 4.98 Å². The number of hydrogen-bond donors (Lipinski definition) is 0. The van der Waals surface area contributed by atoms with E-state index in [1.54, 1.807) is 25.1 Å². The Morgan fingerprint density at radius 1 is 1.64 bits per heavy atom. The molecule has 0 aromatic carbocycles. The normalized spacial score (nSPS) is 9.73. The number of thioether (sulfide) groups is 1. The molecule has 0 aliphatic heterocycles. The summed E-state index contributed by atoms with van der Waals surface area (Å²) in [4.78, 5) is 5.13. The third kappa shape index (κ3) is 2.10. The van der Waals surface area contributed by atoms with Crippen LogP contribution in [0.15, 0.2) is 21.8 Å². The minimum atomic E-state index is 0.820.